The van der Waals surface area contributed by atoms with E-state index in [9.17, 15) is 14.9 Å². The zero-order valence-electron chi connectivity index (χ0n) is 13.5. The Morgan fingerprint density at radius 1 is 1.24 bits per heavy atom. The summed E-state index contributed by atoms with van der Waals surface area (Å²) in [5.41, 5.74) is -0.179. The first-order valence-electron chi connectivity index (χ1n) is 7.59. The number of nitrogens with zero attached hydrogens (tertiary/aromatic N) is 1. The van der Waals surface area contributed by atoms with Crippen molar-refractivity contribution in [2.45, 2.75) is 13.3 Å². The Morgan fingerprint density at radius 2 is 2.00 bits per heavy atom. The maximum Gasteiger partial charge on any atom is 0.296 e. The number of carbonyl (C=O) groups excluding carboxylic acids is 1. The van der Waals surface area contributed by atoms with Crippen molar-refractivity contribution < 1.29 is 19.2 Å². The summed E-state index contributed by atoms with van der Waals surface area (Å²) in [6.45, 7) is 2.06. The van der Waals surface area contributed by atoms with Gasteiger partial charge in [0.05, 0.1) is 22.6 Å². The van der Waals surface area contributed by atoms with Gasteiger partial charge in [0, 0.05) is 0 Å². The Labute approximate surface area is 149 Å². The number of benzene rings is 2. The number of halogens is 1. The standard InChI is InChI=1S/C17H17ClN2O5/c1-2-9-24-12-7-8-14(15(10-12)20(22)23)19-17(21)11-25-16-6-4-3-5-13(16)18/h3-8,10H,2,9,11H2,1H3,(H,19,21). The smallest absolute Gasteiger partial charge is 0.296 e. The molecule has 0 heterocycles. The van der Waals surface area contributed by atoms with E-state index in [0.29, 0.717) is 23.1 Å². The van der Waals surface area contributed by atoms with Crippen molar-refractivity contribution in [1.29, 1.82) is 0 Å². The van der Waals surface area contributed by atoms with Gasteiger partial charge in [0.25, 0.3) is 11.6 Å². The largest absolute Gasteiger partial charge is 0.493 e. The first-order valence-corrected chi connectivity index (χ1v) is 7.97. The van der Waals surface area contributed by atoms with Crippen molar-refractivity contribution in [1.82, 2.24) is 0 Å². The molecular formula is C17H17ClN2O5. The number of amides is 1. The average Bonchev–Trinajstić information content (AvgIpc) is 2.60. The lowest BCUT2D eigenvalue weighted by Crippen LogP contribution is -2.20. The van der Waals surface area contributed by atoms with Gasteiger partial charge in [0.1, 0.15) is 17.2 Å². The first kappa shape index (κ1) is 18.5. The van der Waals surface area contributed by atoms with Gasteiger partial charge in [-0.2, -0.15) is 0 Å². The molecule has 0 aliphatic heterocycles. The van der Waals surface area contributed by atoms with E-state index in [1.807, 2.05) is 6.92 Å². The van der Waals surface area contributed by atoms with Crippen molar-refractivity contribution in [2.75, 3.05) is 18.5 Å². The molecule has 0 aromatic heterocycles. The summed E-state index contributed by atoms with van der Waals surface area (Å²) in [4.78, 5) is 22.6. The fourth-order valence-corrected chi connectivity index (χ4v) is 2.16. The molecule has 0 fully saturated rings. The second-order valence-electron chi connectivity index (χ2n) is 5.05. The molecule has 0 spiro atoms. The molecule has 2 rings (SSSR count). The summed E-state index contributed by atoms with van der Waals surface area (Å²) >= 11 is 5.93. The van der Waals surface area contributed by atoms with Gasteiger partial charge in [-0.3, -0.25) is 14.9 Å². The number of nitro benzene ring substituents is 1. The fourth-order valence-electron chi connectivity index (χ4n) is 1.97. The molecule has 0 saturated heterocycles. The van der Waals surface area contributed by atoms with Crippen LogP contribution in [0.15, 0.2) is 42.5 Å². The highest BCUT2D eigenvalue weighted by atomic mass is 35.5. The Balaban J connectivity index is 2.04. The van der Waals surface area contributed by atoms with Crippen molar-refractivity contribution >= 4 is 28.9 Å². The van der Waals surface area contributed by atoms with Crippen LogP contribution in [0.4, 0.5) is 11.4 Å². The van der Waals surface area contributed by atoms with Crippen LogP contribution in [0, 0.1) is 10.1 Å². The van der Waals surface area contributed by atoms with Gasteiger partial charge >= 0.3 is 0 Å². The third-order valence-corrected chi connectivity index (χ3v) is 3.42. The summed E-state index contributed by atoms with van der Waals surface area (Å²) in [6, 6.07) is 11.0. The topological polar surface area (TPSA) is 90.7 Å². The van der Waals surface area contributed by atoms with Crippen molar-refractivity contribution in [3.8, 4) is 11.5 Å². The van der Waals surface area contributed by atoms with Gasteiger partial charge in [-0.1, -0.05) is 30.7 Å². The van der Waals surface area contributed by atoms with Crippen LogP contribution in [-0.2, 0) is 4.79 Å². The Kier molecular flexibility index (Phi) is 6.59. The Hall–Kier alpha value is -2.80. The van der Waals surface area contributed by atoms with Crippen LogP contribution in [0.25, 0.3) is 0 Å². The molecule has 132 valence electrons. The molecule has 0 saturated carbocycles. The van der Waals surface area contributed by atoms with Crippen LogP contribution in [0.3, 0.4) is 0 Å². The monoisotopic (exact) mass is 364 g/mol. The van der Waals surface area contributed by atoms with Crippen molar-refractivity contribution in [3.63, 3.8) is 0 Å². The minimum absolute atomic E-state index is 0.0709. The van der Waals surface area contributed by atoms with Gasteiger partial charge in [0.2, 0.25) is 0 Å². The van der Waals surface area contributed by atoms with E-state index in [-0.39, 0.29) is 18.0 Å². The number of hydrogen-bond donors (Lipinski definition) is 1. The molecular weight excluding hydrogens is 348 g/mol. The highest BCUT2D eigenvalue weighted by molar-refractivity contribution is 6.32. The summed E-state index contributed by atoms with van der Waals surface area (Å²) in [7, 11) is 0. The number of nitrogens with one attached hydrogen (secondary N) is 1. The number of anilines is 1. The van der Waals surface area contributed by atoms with E-state index in [1.54, 1.807) is 30.3 Å². The molecule has 0 radical (unpaired) electrons. The zero-order valence-corrected chi connectivity index (χ0v) is 14.3. The minimum Gasteiger partial charge on any atom is -0.493 e. The first-order chi connectivity index (χ1) is 12.0. The van der Waals surface area contributed by atoms with E-state index in [1.165, 1.54) is 12.1 Å². The van der Waals surface area contributed by atoms with Gasteiger partial charge in [0.15, 0.2) is 6.61 Å². The third-order valence-electron chi connectivity index (χ3n) is 3.11. The maximum absolute atomic E-state index is 12.0. The van der Waals surface area contributed by atoms with Crippen LogP contribution >= 0.6 is 11.6 Å². The number of ether oxygens (including phenoxy) is 2. The quantitative estimate of drug-likeness (QED) is 0.563. The second-order valence-corrected chi connectivity index (χ2v) is 5.46. The van der Waals surface area contributed by atoms with Crippen LogP contribution in [-0.4, -0.2) is 24.0 Å². The predicted octanol–water partition coefficient (Wildman–Crippen LogP) is 4.05. The molecule has 1 amide bonds. The lowest BCUT2D eigenvalue weighted by molar-refractivity contribution is -0.384. The number of hydrogen-bond acceptors (Lipinski definition) is 5. The lowest BCUT2D eigenvalue weighted by Gasteiger charge is -2.10. The lowest BCUT2D eigenvalue weighted by atomic mass is 10.2. The van der Waals surface area contributed by atoms with E-state index in [2.05, 4.69) is 5.32 Å². The summed E-state index contributed by atoms with van der Waals surface area (Å²) < 4.78 is 10.7. The molecule has 0 bridgehead atoms. The van der Waals surface area contributed by atoms with E-state index >= 15 is 0 Å². The Bertz CT molecular complexity index is 766. The van der Waals surface area contributed by atoms with Crippen molar-refractivity contribution in [2.24, 2.45) is 0 Å². The molecule has 8 heteroatoms. The van der Waals surface area contributed by atoms with Crippen LogP contribution in [0.2, 0.25) is 5.02 Å². The van der Waals surface area contributed by atoms with E-state index in [0.717, 1.165) is 6.42 Å². The molecule has 0 atom stereocenters. The minimum atomic E-state index is -0.580. The average molecular weight is 365 g/mol. The molecule has 0 unspecified atom stereocenters. The van der Waals surface area contributed by atoms with Crippen molar-refractivity contribution in [3.05, 3.63) is 57.6 Å². The number of rotatable bonds is 8. The van der Waals surface area contributed by atoms with Gasteiger partial charge in [-0.05, 0) is 30.7 Å². The van der Waals surface area contributed by atoms with E-state index in [4.69, 9.17) is 21.1 Å². The highest BCUT2D eigenvalue weighted by Gasteiger charge is 2.18. The van der Waals surface area contributed by atoms with E-state index < -0.39 is 10.8 Å². The van der Waals surface area contributed by atoms with Gasteiger partial charge in [-0.15, -0.1) is 0 Å². The molecule has 2 aromatic carbocycles. The third kappa shape index (κ3) is 5.36. The molecule has 25 heavy (non-hydrogen) atoms. The second kappa shape index (κ2) is 8.89. The highest BCUT2D eigenvalue weighted by Crippen LogP contribution is 2.29. The Morgan fingerprint density at radius 3 is 2.68 bits per heavy atom. The number of carbonyl (C=O) groups is 1. The molecule has 7 nitrogen and oxygen atoms in total. The maximum atomic E-state index is 12.0. The van der Waals surface area contributed by atoms with Gasteiger partial charge in [-0.25, -0.2) is 0 Å². The molecule has 2 aromatic rings. The molecule has 1 N–H and O–H groups in total. The summed E-state index contributed by atoms with van der Waals surface area (Å²) in [5, 5.41) is 14.0. The van der Waals surface area contributed by atoms with Gasteiger partial charge < -0.3 is 14.8 Å². The summed E-state index contributed by atoms with van der Waals surface area (Å²) in [6.07, 6.45) is 0.783. The fraction of sp³-hybridized carbons (Fsp3) is 0.235. The SMILES string of the molecule is CCCOc1ccc(NC(=O)COc2ccccc2Cl)c([N+](=O)[O-])c1. The molecule has 0 aliphatic carbocycles. The predicted molar refractivity (Wildman–Crippen MR) is 94.5 cm³/mol. The summed E-state index contributed by atoms with van der Waals surface area (Å²) in [5.74, 6) is 0.196. The number of para-hydroxylation sites is 1. The van der Waals surface area contributed by atoms with Crippen LogP contribution in [0.1, 0.15) is 13.3 Å². The number of nitro groups is 1. The molecule has 0 aliphatic rings. The zero-order chi connectivity index (χ0) is 18.2. The van der Waals surface area contributed by atoms with Crippen LogP contribution in [0.5, 0.6) is 11.5 Å². The normalized spacial score (nSPS) is 10.2. The van der Waals surface area contributed by atoms with Crippen LogP contribution < -0.4 is 14.8 Å².